The summed E-state index contributed by atoms with van der Waals surface area (Å²) in [5, 5.41) is 7.15. The highest BCUT2D eigenvalue weighted by Gasteiger charge is 2.32. The Hall–Kier alpha value is -3.04. The molecule has 1 amide bonds. The molecule has 0 atom stereocenters. The number of anilines is 1. The van der Waals surface area contributed by atoms with E-state index >= 15 is 0 Å². The standard InChI is InChI=1S/C25H31N5O3S/c1-25(2,3)21-8-10-22(11-9-21)34(32,33)30-14-12-19(13-15-30)24(31)28-23-7-5-4-6-20(23)16-29-18-26-17-27-29/h4-11,17-19H,12-16H2,1-3H3,(H,28,31). The van der Waals surface area contributed by atoms with Crippen LogP contribution in [0.1, 0.15) is 44.7 Å². The molecule has 1 aromatic heterocycles. The summed E-state index contributed by atoms with van der Waals surface area (Å²) in [5.74, 6) is -0.327. The van der Waals surface area contributed by atoms with Gasteiger partial charge in [-0.25, -0.2) is 18.1 Å². The van der Waals surface area contributed by atoms with Crippen LogP contribution in [0.4, 0.5) is 5.69 Å². The Morgan fingerprint density at radius 1 is 1.06 bits per heavy atom. The van der Waals surface area contributed by atoms with Gasteiger partial charge in [-0.15, -0.1) is 0 Å². The Kier molecular flexibility index (Phi) is 6.86. The van der Waals surface area contributed by atoms with Gasteiger partial charge in [0.15, 0.2) is 0 Å². The molecule has 2 aromatic carbocycles. The Morgan fingerprint density at radius 2 is 1.74 bits per heavy atom. The lowest BCUT2D eigenvalue weighted by molar-refractivity contribution is -0.120. The molecule has 180 valence electrons. The normalized spacial score (nSPS) is 15.9. The van der Waals surface area contributed by atoms with Gasteiger partial charge in [-0.05, 0) is 47.6 Å². The molecule has 1 aliphatic heterocycles. The number of hydrogen-bond acceptors (Lipinski definition) is 5. The first-order chi connectivity index (χ1) is 16.1. The van der Waals surface area contributed by atoms with Crippen LogP contribution in [-0.2, 0) is 26.8 Å². The van der Waals surface area contributed by atoms with Crippen LogP contribution in [0.2, 0.25) is 0 Å². The predicted molar refractivity (Wildman–Crippen MR) is 131 cm³/mol. The summed E-state index contributed by atoms with van der Waals surface area (Å²) in [4.78, 5) is 17.2. The molecule has 0 saturated carbocycles. The molecule has 1 fully saturated rings. The summed E-state index contributed by atoms with van der Waals surface area (Å²) in [7, 11) is -3.58. The average Bonchev–Trinajstić information content (AvgIpc) is 3.33. The summed E-state index contributed by atoms with van der Waals surface area (Å²) in [6, 6.07) is 14.7. The zero-order valence-electron chi connectivity index (χ0n) is 19.8. The first kappa shape index (κ1) is 24.1. The van der Waals surface area contributed by atoms with Crippen molar-refractivity contribution in [3.8, 4) is 0 Å². The summed E-state index contributed by atoms with van der Waals surface area (Å²) in [6.07, 6.45) is 4.07. The highest BCUT2D eigenvalue weighted by molar-refractivity contribution is 7.89. The van der Waals surface area contributed by atoms with Crippen LogP contribution in [0.5, 0.6) is 0 Å². The Labute approximate surface area is 201 Å². The van der Waals surface area contributed by atoms with E-state index in [2.05, 4.69) is 36.2 Å². The van der Waals surface area contributed by atoms with Crippen molar-refractivity contribution in [2.45, 2.75) is 50.5 Å². The molecule has 1 saturated heterocycles. The fraction of sp³-hybridized carbons (Fsp3) is 0.400. The van der Waals surface area contributed by atoms with Gasteiger partial charge < -0.3 is 5.32 Å². The number of carbonyl (C=O) groups excluding carboxylic acids is 1. The third-order valence-electron chi connectivity index (χ3n) is 6.26. The maximum atomic E-state index is 13.1. The Morgan fingerprint density at radius 3 is 2.35 bits per heavy atom. The van der Waals surface area contributed by atoms with Crippen LogP contribution in [0.25, 0.3) is 0 Å². The topological polar surface area (TPSA) is 97.2 Å². The SMILES string of the molecule is CC(C)(C)c1ccc(S(=O)(=O)N2CCC(C(=O)Nc3ccccc3Cn3cncn3)CC2)cc1. The zero-order chi connectivity index (χ0) is 24.3. The molecule has 3 aromatic rings. The fourth-order valence-corrected chi connectivity index (χ4v) is 5.61. The summed E-state index contributed by atoms with van der Waals surface area (Å²) >= 11 is 0. The van der Waals surface area contributed by atoms with Crippen molar-refractivity contribution in [1.29, 1.82) is 0 Å². The summed E-state index contributed by atoms with van der Waals surface area (Å²) in [5.41, 5.74) is 2.71. The number of aromatic nitrogens is 3. The van der Waals surface area contributed by atoms with Crippen LogP contribution >= 0.6 is 0 Å². The minimum absolute atomic E-state index is 0.0398. The van der Waals surface area contributed by atoms with E-state index in [0.717, 1.165) is 16.8 Å². The lowest BCUT2D eigenvalue weighted by Crippen LogP contribution is -2.41. The maximum Gasteiger partial charge on any atom is 0.243 e. The Balaban J connectivity index is 1.38. The van der Waals surface area contributed by atoms with Gasteiger partial charge in [0.05, 0.1) is 11.4 Å². The average molecular weight is 482 g/mol. The van der Waals surface area contributed by atoms with Crippen LogP contribution in [0.3, 0.4) is 0 Å². The van der Waals surface area contributed by atoms with E-state index in [9.17, 15) is 13.2 Å². The number of carbonyl (C=O) groups is 1. The molecule has 0 bridgehead atoms. The molecule has 1 aliphatic rings. The van der Waals surface area contributed by atoms with Gasteiger partial charge in [0, 0.05) is 24.7 Å². The third-order valence-corrected chi connectivity index (χ3v) is 8.17. The third kappa shape index (κ3) is 5.37. The lowest BCUT2D eigenvalue weighted by atomic mass is 9.87. The number of sulfonamides is 1. The number of amides is 1. The number of hydrogen-bond donors (Lipinski definition) is 1. The quantitative estimate of drug-likeness (QED) is 0.579. The van der Waals surface area contributed by atoms with E-state index in [-0.39, 0.29) is 17.2 Å². The number of nitrogens with one attached hydrogen (secondary N) is 1. The van der Waals surface area contributed by atoms with Gasteiger partial charge in [0.2, 0.25) is 15.9 Å². The number of rotatable bonds is 6. The Bertz CT molecular complexity index is 1220. The molecule has 2 heterocycles. The molecule has 0 spiro atoms. The lowest BCUT2D eigenvalue weighted by Gasteiger charge is -2.31. The smallest absolute Gasteiger partial charge is 0.243 e. The van der Waals surface area contributed by atoms with E-state index in [1.807, 2.05) is 36.4 Å². The molecule has 0 radical (unpaired) electrons. The minimum atomic E-state index is -3.58. The van der Waals surface area contributed by atoms with Crippen LogP contribution in [-0.4, -0.2) is 46.5 Å². The van der Waals surface area contributed by atoms with Gasteiger partial charge >= 0.3 is 0 Å². The summed E-state index contributed by atoms with van der Waals surface area (Å²) in [6.45, 7) is 7.43. The van der Waals surface area contributed by atoms with Crippen molar-refractivity contribution < 1.29 is 13.2 Å². The second-order valence-corrected chi connectivity index (χ2v) is 11.6. The molecular formula is C25H31N5O3S. The first-order valence-electron chi connectivity index (χ1n) is 11.5. The molecule has 4 rings (SSSR count). The molecule has 0 aliphatic carbocycles. The number of para-hydroxylation sites is 1. The second-order valence-electron chi connectivity index (χ2n) is 9.69. The number of benzene rings is 2. The monoisotopic (exact) mass is 481 g/mol. The zero-order valence-corrected chi connectivity index (χ0v) is 20.6. The second kappa shape index (κ2) is 9.68. The molecule has 1 N–H and O–H groups in total. The van der Waals surface area contributed by atoms with Crippen molar-refractivity contribution >= 4 is 21.6 Å². The van der Waals surface area contributed by atoms with Gasteiger partial charge in [-0.3, -0.25) is 4.79 Å². The number of piperidine rings is 1. The van der Waals surface area contributed by atoms with E-state index in [4.69, 9.17) is 0 Å². The van der Waals surface area contributed by atoms with Gasteiger partial charge in [-0.2, -0.15) is 9.40 Å². The predicted octanol–water partition coefficient (Wildman–Crippen LogP) is 3.66. The molecular weight excluding hydrogens is 450 g/mol. The van der Waals surface area contributed by atoms with Crippen LogP contribution < -0.4 is 5.32 Å². The van der Waals surface area contributed by atoms with Crippen molar-refractivity contribution in [1.82, 2.24) is 19.1 Å². The highest BCUT2D eigenvalue weighted by Crippen LogP contribution is 2.28. The van der Waals surface area contributed by atoms with Crippen LogP contribution in [0.15, 0.2) is 66.1 Å². The molecule has 34 heavy (non-hydrogen) atoms. The van der Waals surface area contributed by atoms with Gasteiger partial charge in [0.1, 0.15) is 12.7 Å². The van der Waals surface area contributed by atoms with Crippen molar-refractivity contribution in [3.63, 3.8) is 0 Å². The minimum Gasteiger partial charge on any atom is -0.326 e. The van der Waals surface area contributed by atoms with Crippen molar-refractivity contribution in [2.75, 3.05) is 18.4 Å². The number of nitrogens with zero attached hydrogens (tertiary/aromatic N) is 4. The summed E-state index contributed by atoms with van der Waals surface area (Å²) < 4.78 is 29.4. The first-order valence-corrected chi connectivity index (χ1v) is 12.9. The fourth-order valence-electron chi connectivity index (χ4n) is 4.14. The largest absolute Gasteiger partial charge is 0.326 e. The van der Waals surface area contributed by atoms with E-state index < -0.39 is 10.0 Å². The van der Waals surface area contributed by atoms with E-state index in [0.29, 0.717) is 37.4 Å². The van der Waals surface area contributed by atoms with Crippen molar-refractivity contribution in [3.05, 3.63) is 72.3 Å². The maximum absolute atomic E-state index is 13.1. The van der Waals surface area contributed by atoms with Crippen LogP contribution in [0, 0.1) is 5.92 Å². The van der Waals surface area contributed by atoms with E-state index in [1.165, 1.54) is 10.6 Å². The molecule has 8 nitrogen and oxygen atoms in total. The highest BCUT2D eigenvalue weighted by atomic mass is 32.2. The molecule has 0 unspecified atom stereocenters. The van der Waals surface area contributed by atoms with Crippen molar-refractivity contribution in [2.24, 2.45) is 5.92 Å². The van der Waals surface area contributed by atoms with Gasteiger partial charge in [0.25, 0.3) is 0 Å². The van der Waals surface area contributed by atoms with Gasteiger partial charge in [-0.1, -0.05) is 51.1 Å². The van der Waals surface area contributed by atoms with E-state index in [1.54, 1.807) is 23.1 Å². The molecule has 9 heteroatoms.